The van der Waals surface area contributed by atoms with Crippen molar-refractivity contribution in [2.45, 2.75) is 39.7 Å². The maximum absolute atomic E-state index is 13.4. The van der Waals surface area contributed by atoms with Crippen molar-refractivity contribution in [1.82, 2.24) is 9.66 Å². The average Bonchev–Trinajstić information content (AvgIpc) is 2.83. The zero-order valence-corrected chi connectivity index (χ0v) is 25.6. The van der Waals surface area contributed by atoms with E-state index in [9.17, 15) is 4.79 Å². The first kappa shape index (κ1) is 27.5. The van der Waals surface area contributed by atoms with E-state index < -0.39 is 5.41 Å². The minimum Gasteiger partial charge on any atom is -0.490 e. The third kappa shape index (κ3) is 6.51. The lowest BCUT2D eigenvalue weighted by Crippen LogP contribution is -2.29. The molecule has 3 aromatic carbocycles. The highest BCUT2D eigenvalue weighted by molar-refractivity contribution is 9.11. The maximum Gasteiger partial charge on any atom is 0.282 e. The van der Waals surface area contributed by atoms with Gasteiger partial charge in [0, 0.05) is 24.4 Å². The van der Waals surface area contributed by atoms with E-state index >= 15 is 0 Å². The lowest BCUT2D eigenvalue weighted by atomic mass is 9.95. The van der Waals surface area contributed by atoms with Gasteiger partial charge in [-0.3, -0.25) is 4.79 Å². The largest absolute Gasteiger partial charge is 0.490 e. The summed E-state index contributed by atoms with van der Waals surface area (Å²) < 4.78 is 16.1. The first-order valence-electron chi connectivity index (χ1n) is 11.7. The first-order chi connectivity index (χ1) is 17.6. The van der Waals surface area contributed by atoms with E-state index in [4.69, 9.17) is 14.5 Å². The number of hydrogen-bond donors (Lipinski definition) is 0. The molecule has 0 radical (unpaired) electrons. The third-order valence-electron chi connectivity index (χ3n) is 5.47. The van der Waals surface area contributed by atoms with Crippen molar-refractivity contribution in [2.75, 3.05) is 6.61 Å². The molecule has 37 heavy (non-hydrogen) atoms. The van der Waals surface area contributed by atoms with Crippen molar-refractivity contribution in [3.8, 4) is 11.5 Å². The normalized spacial score (nSPS) is 11.9. The highest BCUT2D eigenvalue weighted by Gasteiger charge is 2.23. The molecule has 1 heterocycles. The predicted octanol–water partition coefficient (Wildman–Crippen LogP) is 7.84. The summed E-state index contributed by atoms with van der Waals surface area (Å²) in [6.07, 6.45) is 1.64. The standard InChI is InChI=1S/C28H26Br3N3O3/c1-5-36-25-12-17(6-11-24(25)37-16-18-7-8-20(30)14-22(18)31)15-32-34-26(35)21-13-19(29)9-10-23(21)33-27(34)28(2,3)4/h6-15H,5,16H2,1-4H3. The molecule has 0 fully saturated rings. The number of rotatable bonds is 7. The number of ether oxygens (including phenoxy) is 2. The molecule has 9 heteroatoms. The summed E-state index contributed by atoms with van der Waals surface area (Å²) in [5.41, 5.74) is 1.80. The van der Waals surface area contributed by atoms with Crippen LogP contribution in [0.15, 0.2) is 77.9 Å². The van der Waals surface area contributed by atoms with Gasteiger partial charge in [-0.1, -0.05) is 74.6 Å². The van der Waals surface area contributed by atoms with Gasteiger partial charge in [-0.15, -0.1) is 0 Å². The van der Waals surface area contributed by atoms with Crippen molar-refractivity contribution in [3.05, 3.63) is 95.3 Å². The monoisotopic (exact) mass is 689 g/mol. The van der Waals surface area contributed by atoms with Crippen molar-refractivity contribution in [3.63, 3.8) is 0 Å². The van der Waals surface area contributed by atoms with E-state index in [0.717, 1.165) is 24.5 Å². The SMILES string of the molecule is CCOc1cc(C=Nn2c(C(C)(C)C)nc3ccc(Br)cc3c2=O)ccc1OCc1ccc(Br)cc1Br. The van der Waals surface area contributed by atoms with Gasteiger partial charge in [0.15, 0.2) is 11.5 Å². The molecule has 0 saturated carbocycles. The van der Waals surface area contributed by atoms with E-state index in [-0.39, 0.29) is 5.56 Å². The van der Waals surface area contributed by atoms with Gasteiger partial charge in [-0.25, -0.2) is 4.98 Å². The number of fused-ring (bicyclic) bond motifs is 1. The van der Waals surface area contributed by atoms with E-state index in [2.05, 4.69) is 52.9 Å². The topological polar surface area (TPSA) is 65.7 Å². The number of nitrogens with zero attached hydrogens (tertiary/aromatic N) is 3. The Morgan fingerprint density at radius 3 is 2.38 bits per heavy atom. The molecule has 0 N–H and O–H groups in total. The van der Waals surface area contributed by atoms with Gasteiger partial charge in [0.25, 0.3) is 5.56 Å². The van der Waals surface area contributed by atoms with Gasteiger partial charge in [0.05, 0.1) is 23.7 Å². The highest BCUT2D eigenvalue weighted by atomic mass is 79.9. The molecule has 4 rings (SSSR count). The van der Waals surface area contributed by atoms with E-state index in [1.54, 1.807) is 12.3 Å². The summed E-state index contributed by atoms with van der Waals surface area (Å²) in [6, 6.07) is 17.0. The van der Waals surface area contributed by atoms with Crippen LogP contribution in [0.3, 0.4) is 0 Å². The fraction of sp³-hybridized carbons (Fsp3) is 0.250. The molecular formula is C28H26Br3N3O3. The van der Waals surface area contributed by atoms with E-state index in [1.807, 2.05) is 76.2 Å². The van der Waals surface area contributed by atoms with Gasteiger partial charge in [-0.05, 0) is 61.0 Å². The van der Waals surface area contributed by atoms with Crippen LogP contribution in [0.5, 0.6) is 11.5 Å². The zero-order valence-electron chi connectivity index (χ0n) is 20.9. The lowest BCUT2D eigenvalue weighted by Gasteiger charge is -2.21. The summed E-state index contributed by atoms with van der Waals surface area (Å²) in [6.45, 7) is 8.81. The Hall–Kier alpha value is -2.49. The number of aromatic nitrogens is 2. The Bertz CT molecular complexity index is 1540. The first-order valence-corrected chi connectivity index (χ1v) is 14.1. The summed E-state index contributed by atoms with van der Waals surface area (Å²) in [4.78, 5) is 18.2. The Labute approximate surface area is 241 Å². The molecular weight excluding hydrogens is 666 g/mol. The number of halogens is 3. The second-order valence-electron chi connectivity index (χ2n) is 9.37. The van der Waals surface area contributed by atoms with Crippen LogP contribution in [-0.2, 0) is 12.0 Å². The molecule has 4 aromatic rings. The maximum atomic E-state index is 13.4. The van der Waals surface area contributed by atoms with Crippen LogP contribution in [-0.4, -0.2) is 22.5 Å². The molecule has 0 spiro atoms. The molecule has 1 aromatic heterocycles. The quantitative estimate of drug-likeness (QED) is 0.185. The predicted molar refractivity (Wildman–Crippen MR) is 159 cm³/mol. The van der Waals surface area contributed by atoms with Gasteiger partial charge >= 0.3 is 0 Å². The van der Waals surface area contributed by atoms with Crippen LogP contribution in [0.4, 0.5) is 0 Å². The van der Waals surface area contributed by atoms with Gasteiger partial charge in [0.2, 0.25) is 0 Å². The second-order valence-corrected chi connectivity index (χ2v) is 12.1. The van der Waals surface area contributed by atoms with Crippen LogP contribution in [0.1, 0.15) is 44.6 Å². The van der Waals surface area contributed by atoms with Crippen molar-refractivity contribution in [2.24, 2.45) is 5.10 Å². The molecule has 0 bridgehead atoms. The molecule has 0 aliphatic heterocycles. The molecule has 0 amide bonds. The summed E-state index contributed by atoms with van der Waals surface area (Å²) in [7, 11) is 0. The fourth-order valence-corrected chi connectivity index (χ4v) is 5.18. The van der Waals surface area contributed by atoms with Gasteiger partial charge < -0.3 is 9.47 Å². The average molecular weight is 692 g/mol. The zero-order chi connectivity index (χ0) is 26.7. The summed E-state index contributed by atoms with van der Waals surface area (Å²) in [5, 5.41) is 5.06. The number of benzene rings is 3. The van der Waals surface area contributed by atoms with Crippen LogP contribution >= 0.6 is 47.8 Å². The summed E-state index contributed by atoms with van der Waals surface area (Å²) in [5.74, 6) is 1.80. The molecule has 0 atom stereocenters. The van der Waals surface area contributed by atoms with Crippen LogP contribution in [0, 0.1) is 0 Å². The second kappa shape index (κ2) is 11.5. The molecule has 6 nitrogen and oxygen atoms in total. The Morgan fingerprint density at radius 1 is 0.946 bits per heavy atom. The smallest absolute Gasteiger partial charge is 0.282 e. The molecule has 0 aliphatic rings. The van der Waals surface area contributed by atoms with Crippen LogP contribution in [0.25, 0.3) is 10.9 Å². The van der Waals surface area contributed by atoms with E-state index in [1.165, 1.54) is 4.68 Å². The minimum absolute atomic E-state index is 0.225. The van der Waals surface area contributed by atoms with Crippen molar-refractivity contribution in [1.29, 1.82) is 0 Å². The van der Waals surface area contributed by atoms with Crippen LogP contribution in [0.2, 0.25) is 0 Å². The highest BCUT2D eigenvalue weighted by Crippen LogP contribution is 2.30. The van der Waals surface area contributed by atoms with Crippen molar-refractivity contribution >= 4 is 64.9 Å². The third-order valence-corrected chi connectivity index (χ3v) is 7.19. The van der Waals surface area contributed by atoms with Gasteiger partial charge in [-0.2, -0.15) is 9.78 Å². The van der Waals surface area contributed by atoms with E-state index in [0.29, 0.717) is 41.4 Å². The van der Waals surface area contributed by atoms with Crippen molar-refractivity contribution < 1.29 is 9.47 Å². The molecule has 192 valence electrons. The summed E-state index contributed by atoms with van der Waals surface area (Å²) >= 11 is 10.5. The Morgan fingerprint density at radius 2 is 1.68 bits per heavy atom. The molecule has 0 unspecified atom stereocenters. The minimum atomic E-state index is -0.396. The van der Waals surface area contributed by atoms with Crippen LogP contribution < -0.4 is 15.0 Å². The molecule has 0 aliphatic carbocycles. The Balaban J connectivity index is 1.68. The molecule has 0 saturated heterocycles. The number of hydrogen-bond acceptors (Lipinski definition) is 5. The Kier molecular flexibility index (Phi) is 8.56. The van der Waals surface area contributed by atoms with Gasteiger partial charge in [0.1, 0.15) is 12.4 Å². The lowest BCUT2D eigenvalue weighted by molar-refractivity contribution is 0.269. The fourth-order valence-electron chi connectivity index (χ4n) is 3.65.